The summed E-state index contributed by atoms with van der Waals surface area (Å²) in [6, 6.07) is 7.61. The number of ether oxygens (including phenoxy) is 1. The maximum Gasteiger partial charge on any atom is 0.341 e. The van der Waals surface area contributed by atoms with Gasteiger partial charge in [0.15, 0.2) is 0 Å². The van der Waals surface area contributed by atoms with Gasteiger partial charge in [0, 0.05) is 10.2 Å². The normalized spacial score (nSPS) is 10.3. The second-order valence-corrected chi connectivity index (χ2v) is 4.91. The van der Waals surface area contributed by atoms with E-state index in [2.05, 4.69) is 26.0 Å². The number of carbonyl (C=O) groups excluding carboxylic acids is 1. The van der Waals surface area contributed by atoms with Crippen molar-refractivity contribution < 1.29 is 13.9 Å². The van der Waals surface area contributed by atoms with Crippen LogP contribution in [0, 0.1) is 6.92 Å². The maximum atomic E-state index is 11.3. The number of nitrogens with one attached hydrogen (secondary N) is 1. The van der Waals surface area contributed by atoms with E-state index in [1.54, 1.807) is 6.07 Å². The van der Waals surface area contributed by atoms with E-state index in [0.29, 0.717) is 17.9 Å². The first-order valence-corrected chi connectivity index (χ1v) is 6.56. The molecule has 0 aliphatic carbocycles. The fourth-order valence-corrected chi connectivity index (χ4v) is 2.05. The largest absolute Gasteiger partial charge is 0.467 e. The van der Waals surface area contributed by atoms with Crippen LogP contribution in [0.1, 0.15) is 21.7 Å². The molecule has 1 aromatic heterocycles. The molecule has 4 nitrogen and oxygen atoms in total. The van der Waals surface area contributed by atoms with Gasteiger partial charge in [0.1, 0.15) is 12.0 Å². The van der Waals surface area contributed by atoms with Crippen LogP contribution in [0.5, 0.6) is 0 Å². The third-order valence-electron chi connectivity index (χ3n) is 2.80. The Morgan fingerprint density at radius 3 is 3.00 bits per heavy atom. The zero-order valence-electron chi connectivity index (χ0n) is 10.7. The van der Waals surface area contributed by atoms with E-state index < -0.39 is 5.97 Å². The van der Waals surface area contributed by atoms with Crippen LogP contribution in [-0.2, 0) is 11.3 Å². The number of halogens is 1. The molecular formula is C14H14BrNO3. The van der Waals surface area contributed by atoms with Crippen molar-refractivity contribution in [3.8, 4) is 0 Å². The fraction of sp³-hybridized carbons (Fsp3) is 0.214. The lowest BCUT2D eigenvalue weighted by Gasteiger charge is -2.09. The number of esters is 1. The highest BCUT2D eigenvalue weighted by atomic mass is 79.9. The average Bonchev–Trinajstić information content (AvgIpc) is 2.88. The molecule has 19 heavy (non-hydrogen) atoms. The number of hydrogen-bond donors (Lipinski definition) is 1. The molecule has 0 aliphatic rings. The summed E-state index contributed by atoms with van der Waals surface area (Å²) in [5.41, 5.74) is 2.57. The minimum absolute atomic E-state index is 0.395. The number of carbonyl (C=O) groups is 1. The van der Waals surface area contributed by atoms with Gasteiger partial charge in [-0.3, -0.25) is 0 Å². The molecule has 0 saturated heterocycles. The molecule has 1 aromatic carbocycles. The highest BCUT2D eigenvalue weighted by Gasteiger charge is 2.10. The van der Waals surface area contributed by atoms with Crippen LogP contribution >= 0.6 is 15.9 Å². The Morgan fingerprint density at radius 1 is 1.47 bits per heavy atom. The standard InChI is InChI=1S/C14H14BrNO3/c1-9-12(15)4-3-5-13(9)16-7-11-6-10(8-19-11)14(17)18-2/h3-6,8,16H,7H2,1-2H3. The summed E-state index contributed by atoms with van der Waals surface area (Å²) in [6.45, 7) is 2.53. The van der Waals surface area contributed by atoms with E-state index in [9.17, 15) is 4.79 Å². The lowest BCUT2D eigenvalue weighted by Crippen LogP contribution is -2.01. The van der Waals surface area contributed by atoms with E-state index in [1.807, 2.05) is 25.1 Å². The van der Waals surface area contributed by atoms with Crippen LogP contribution in [0.2, 0.25) is 0 Å². The van der Waals surface area contributed by atoms with Crippen molar-refractivity contribution in [2.24, 2.45) is 0 Å². The molecule has 2 aromatic rings. The minimum Gasteiger partial charge on any atom is -0.467 e. The van der Waals surface area contributed by atoms with E-state index in [1.165, 1.54) is 13.4 Å². The van der Waals surface area contributed by atoms with Crippen LogP contribution in [-0.4, -0.2) is 13.1 Å². The van der Waals surface area contributed by atoms with Crippen LogP contribution < -0.4 is 5.32 Å². The Bertz CT molecular complexity index is 592. The molecule has 0 amide bonds. The Labute approximate surface area is 119 Å². The van der Waals surface area contributed by atoms with Gasteiger partial charge in [0.05, 0.1) is 19.2 Å². The van der Waals surface area contributed by atoms with Gasteiger partial charge in [-0.25, -0.2) is 4.79 Å². The molecule has 0 radical (unpaired) electrons. The first-order valence-electron chi connectivity index (χ1n) is 5.76. The summed E-state index contributed by atoms with van der Waals surface area (Å²) in [5.74, 6) is 0.286. The number of hydrogen-bond acceptors (Lipinski definition) is 4. The van der Waals surface area contributed by atoms with Crippen LogP contribution in [0.15, 0.2) is 39.4 Å². The molecule has 0 atom stereocenters. The monoisotopic (exact) mass is 323 g/mol. The number of furan rings is 1. The number of rotatable bonds is 4. The van der Waals surface area contributed by atoms with Crippen LogP contribution in [0.3, 0.4) is 0 Å². The molecule has 2 rings (SSSR count). The smallest absolute Gasteiger partial charge is 0.341 e. The topological polar surface area (TPSA) is 51.5 Å². The molecule has 1 N–H and O–H groups in total. The Hall–Kier alpha value is -1.75. The predicted molar refractivity (Wildman–Crippen MR) is 76.3 cm³/mol. The molecule has 0 saturated carbocycles. The molecule has 5 heteroatoms. The lowest BCUT2D eigenvalue weighted by molar-refractivity contribution is 0.0600. The summed E-state index contributed by atoms with van der Waals surface area (Å²) in [4.78, 5) is 11.3. The molecular weight excluding hydrogens is 310 g/mol. The van der Waals surface area contributed by atoms with Crippen molar-refractivity contribution in [3.05, 3.63) is 51.9 Å². The lowest BCUT2D eigenvalue weighted by atomic mass is 10.2. The van der Waals surface area contributed by atoms with Gasteiger partial charge in [0.25, 0.3) is 0 Å². The van der Waals surface area contributed by atoms with Crippen molar-refractivity contribution in [1.29, 1.82) is 0 Å². The summed E-state index contributed by atoms with van der Waals surface area (Å²) in [6.07, 6.45) is 1.40. The van der Waals surface area contributed by atoms with E-state index in [-0.39, 0.29) is 0 Å². The number of methoxy groups -OCH3 is 1. The number of benzene rings is 1. The zero-order chi connectivity index (χ0) is 13.8. The summed E-state index contributed by atoms with van der Waals surface area (Å²) in [7, 11) is 1.35. The second kappa shape index (κ2) is 5.93. The van der Waals surface area contributed by atoms with Gasteiger partial charge in [-0.05, 0) is 30.7 Å². The summed E-state index contributed by atoms with van der Waals surface area (Å²) in [5, 5.41) is 3.26. The molecule has 1 heterocycles. The first-order chi connectivity index (χ1) is 9.11. The SMILES string of the molecule is COC(=O)c1coc(CNc2cccc(Br)c2C)c1. The molecule has 0 spiro atoms. The fourth-order valence-electron chi connectivity index (χ4n) is 1.68. The van der Waals surface area contributed by atoms with Gasteiger partial charge in [-0.15, -0.1) is 0 Å². The van der Waals surface area contributed by atoms with Crippen molar-refractivity contribution in [2.75, 3.05) is 12.4 Å². The first kappa shape index (κ1) is 13.7. The minimum atomic E-state index is -0.395. The molecule has 100 valence electrons. The molecule has 0 bridgehead atoms. The summed E-state index contributed by atoms with van der Waals surface area (Å²) >= 11 is 3.48. The Morgan fingerprint density at radius 2 is 2.26 bits per heavy atom. The third kappa shape index (κ3) is 3.17. The van der Waals surface area contributed by atoms with Crippen molar-refractivity contribution in [2.45, 2.75) is 13.5 Å². The van der Waals surface area contributed by atoms with E-state index in [4.69, 9.17) is 4.42 Å². The second-order valence-electron chi connectivity index (χ2n) is 4.06. The Kier molecular flexibility index (Phi) is 4.27. The quantitative estimate of drug-likeness (QED) is 0.870. The van der Waals surface area contributed by atoms with Gasteiger partial charge >= 0.3 is 5.97 Å². The average molecular weight is 324 g/mol. The van der Waals surface area contributed by atoms with Crippen molar-refractivity contribution in [3.63, 3.8) is 0 Å². The summed E-state index contributed by atoms with van der Waals surface area (Å²) < 4.78 is 11.0. The molecule has 0 unspecified atom stereocenters. The van der Waals surface area contributed by atoms with E-state index >= 15 is 0 Å². The maximum absolute atomic E-state index is 11.3. The highest BCUT2D eigenvalue weighted by molar-refractivity contribution is 9.10. The van der Waals surface area contributed by atoms with Gasteiger partial charge in [0.2, 0.25) is 0 Å². The highest BCUT2D eigenvalue weighted by Crippen LogP contribution is 2.24. The third-order valence-corrected chi connectivity index (χ3v) is 3.65. The van der Waals surface area contributed by atoms with Crippen LogP contribution in [0.4, 0.5) is 5.69 Å². The van der Waals surface area contributed by atoms with E-state index in [0.717, 1.165) is 15.7 Å². The van der Waals surface area contributed by atoms with Gasteiger partial charge in [-0.2, -0.15) is 0 Å². The zero-order valence-corrected chi connectivity index (χ0v) is 12.3. The molecule has 0 aliphatic heterocycles. The van der Waals surface area contributed by atoms with Crippen molar-refractivity contribution >= 4 is 27.6 Å². The van der Waals surface area contributed by atoms with Gasteiger partial charge in [-0.1, -0.05) is 22.0 Å². The van der Waals surface area contributed by atoms with Crippen molar-refractivity contribution in [1.82, 2.24) is 0 Å². The predicted octanol–water partition coefficient (Wildman–Crippen LogP) is 3.75. The van der Waals surface area contributed by atoms with Gasteiger partial charge < -0.3 is 14.5 Å². The number of anilines is 1. The Balaban J connectivity index is 2.04. The van der Waals surface area contributed by atoms with Crippen LogP contribution in [0.25, 0.3) is 0 Å². The molecule has 0 fully saturated rings.